The Hall–Kier alpha value is -2.75. The van der Waals surface area contributed by atoms with Crippen LogP contribution in [0.3, 0.4) is 0 Å². The van der Waals surface area contributed by atoms with Gasteiger partial charge in [0.1, 0.15) is 11.5 Å². The average molecular weight is 397 g/mol. The van der Waals surface area contributed by atoms with Gasteiger partial charge in [-0.25, -0.2) is 4.79 Å². The highest BCUT2D eigenvalue weighted by molar-refractivity contribution is 5.91. The second kappa shape index (κ2) is 11.9. The van der Waals surface area contributed by atoms with Crippen molar-refractivity contribution in [1.82, 2.24) is 0 Å². The Morgan fingerprint density at radius 3 is 2.41 bits per heavy atom. The maximum atomic E-state index is 12.3. The van der Waals surface area contributed by atoms with Gasteiger partial charge in [-0.05, 0) is 74.6 Å². The van der Waals surface area contributed by atoms with Gasteiger partial charge in [-0.2, -0.15) is 0 Å². The molecule has 0 bridgehead atoms. The first-order valence-corrected chi connectivity index (χ1v) is 10.4. The highest BCUT2D eigenvalue weighted by Gasteiger charge is 2.13. The molecular weight excluding hydrogens is 364 g/mol. The van der Waals surface area contributed by atoms with Gasteiger partial charge >= 0.3 is 5.97 Å². The monoisotopic (exact) mass is 396 g/mol. The summed E-state index contributed by atoms with van der Waals surface area (Å²) in [5.41, 5.74) is 2.55. The number of rotatable bonds is 11. The summed E-state index contributed by atoms with van der Waals surface area (Å²) in [6.07, 6.45) is 5.61. The largest absolute Gasteiger partial charge is 0.498 e. The third-order valence-electron chi connectivity index (χ3n) is 4.67. The van der Waals surface area contributed by atoms with Gasteiger partial charge in [0.25, 0.3) is 0 Å². The van der Waals surface area contributed by atoms with Crippen molar-refractivity contribution in [3.8, 4) is 11.5 Å². The molecule has 2 aromatic carbocycles. The lowest BCUT2D eigenvalue weighted by Gasteiger charge is -2.16. The molecule has 4 heteroatoms. The number of unbranched alkanes of at least 4 members (excludes halogenated alkanes) is 1. The number of hydrogen-bond acceptors (Lipinski definition) is 4. The van der Waals surface area contributed by atoms with Crippen molar-refractivity contribution < 1.29 is 19.0 Å². The van der Waals surface area contributed by atoms with E-state index in [-0.39, 0.29) is 5.97 Å². The van der Waals surface area contributed by atoms with Crippen molar-refractivity contribution in [2.45, 2.75) is 53.4 Å². The highest BCUT2D eigenvalue weighted by Crippen LogP contribution is 2.30. The zero-order valence-electron chi connectivity index (χ0n) is 18.0. The molecular formula is C25H32O4. The Morgan fingerprint density at radius 2 is 1.76 bits per heavy atom. The van der Waals surface area contributed by atoms with Crippen LogP contribution in [0.25, 0.3) is 0 Å². The van der Waals surface area contributed by atoms with Crippen LogP contribution in [0, 0.1) is 6.92 Å². The number of carbonyl (C=O) groups is 1. The highest BCUT2D eigenvalue weighted by atomic mass is 16.5. The van der Waals surface area contributed by atoms with Crippen molar-refractivity contribution in [3.05, 3.63) is 71.0 Å². The van der Waals surface area contributed by atoms with Crippen LogP contribution in [-0.4, -0.2) is 19.2 Å². The average Bonchev–Trinajstić information content (AvgIpc) is 2.74. The minimum Gasteiger partial charge on any atom is -0.498 e. The Bertz CT molecular complexity index is 809. The number of allylic oxidation sites excluding steroid dienone is 2. The molecule has 0 atom stereocenters. The predicted octanol–water partition coefficient (Wildman–Crippen LogP) is 6.27. The van der Waals surface area contributed by atoms with Gasteiger partial charge in [0.2, 0.25) is 0 Å². The molecule has 0 aromatic heterocycles. The van der Waals surface area contributed by atoms with Crippen LogP contribution in [0.2, 0.25) is 0 Å². The van der Waals surface area contributed by atoms with E-state index in [1.807, 2.05) is 50.3 Å². The number of benzene rings is 2. The van der Waals surface area contributed by atoms with Gasteiger partial charge in [-0.15, -0.1) is 0 Å². The molecule has 0 fully saturated rings. The zero-order valence-corrected chi connectivity index (χ0v) is 18.0. The van der Waals surface area contributed by atoms with Crippen molar-refractivity contribution in [2.75, 3.05) is 13.2 Å². The molecule has 0 aliphatic heterocycles. The van der Waals surface area contributed by atoms with Gasteiger partial charge in [-0.1, -0.05) is 32.0 Å². The molecule has 0 saturated heterocycles. The number of esters is 1. The van der Waals surface area contributed by atoms with E-state index in [0.717, 1.165) is 48.3 Å². The van der Waals surface area contributed by atoms with Gasteiger partial charge in [0, 0.05) is 6.42 Å². The summed E-state index contributed by atoms with van der Waals surface area (Å²) in [7, 11) is 0. The van der Waals surface area contributed by atoms with Crippen molar-refractivity contribution >= 4 is 5.97 Å². The first-order chi connectivity index (χ1) is 14.1. The Balaban J connectivity index is 1.91. The second-order valence-corrected chi connectivity index (χ2v) is 6.85. The van der Waals surface area contributed by atoms with E-state index in [2.05, 4.69) is 13.8 Å². The molecule has 0 heterocycles. The first kappa shape index (κ1) is 22.5. The SMILES string of the molecule is CC=C(CC)OCCCCOc1c(C)cc(OC(=O)c2ccccc2)cc1CC. The van der Waals surface area contributed by atoms with E-state index >= 15 is 0 Å². The molecule has 0 saturated carbocycles. The quantitative estimate of drug-likeness (QED) is 0.194. The standard InChI is InChI=1S/C25H32O4/c1-5-20-18-23(29-25(26)21-13-9-8-10-14-21)17-19(4)24(20)28-16-12-11-15-27-22(6-2)7-3/h6,8-10,13-14,17-18H,5,7,11-12,15-16H2,1-4H3. The maximum absolute atomic E-state index is 12.3. The van der Waals surface area contributed by atoms with Crippen molar-refractivity contribution in [2.24, 2.45) is 0 Å². The Morgan fingerprint density at radius 1 is 1.03 bits per heavy atom. The van der Waals surface area contributed by atoms with Crippen molar-refractivity contribution in [1.29, 1.82) is 0 Å². The third kappa shape index (κ3) is 6.97. The van der Waals surface area contributed by atoms with E-state index in [0.29, 0.717) is 24.5 Å². The molecule has 0 aliphatic rings. The minimum atomic E-state index is -0.353. The molecule has 2 rings (SSSR count). The van der Waals surface area contributed by atoms with E-state index in [1.165, 1.54) is 0 Å². The molecule has 0 spiro atoms. The normalized spacial score (nSPS) is 11.2. The lowest BCUT2D eigenvalue weighted by atomic mass is 10.1. The van der Waals surface area contributed by atoms with E-state index in [1.54, 1.807) is 12.1 Å². The topological polar surface area (TPSA) is 44.8 Å². The smallest absolute Gasteiger partial charge is 0.343 e. The molecule has 0 aliphatic carbocycles. The molecule has 156 valence electrons. The fraction of sp³-hybridized carbons (Fsp3) is 0.400. The number of hydrogen-bond donors (Lipinski definition) is 0. The predicted molar refractivity (Wildman–Crippen MR) is 117 cm³/mol. The van der Waals surface area contributed by atoms with Crippen LogP contribution in [-0.2, 0) is 11.2 Å². The fourth-order valence-electron chi connectivity index (χ4n) is 3.05. The maximum Gasteiger partial charge on any atom is 0.343 e. The summed E-state index contributed by atoms with van der Waals surface area (Å²) in [5, 5.41) is 0. The summed E-state index contributed by atoms with van der Waals surface area (Å²) in [5.74, 6) is 2.12. The van der Waals surface area contributed by atoms with Gasteiger partial charge in [0.15, 0.2) is 0 Å². The van der Waals surface area contributed by atoms with Crippen LogP contribution in [0.4, 0.5) is 0 Å². The molecule has 29 heavy (non-hydrogen) atoms. The molecule has 4 nitrogen and oxygen atoms in total. The summed E-state index contributed by atoms with van der Waals surface area (Å²) in [6, 6.07) is 12.8. The molecule has 0 radical (unpaired) electrons. The van der Waals surface area contributed by atoms with Crippen LogP contribution < -0.4 is 9.47 Å². The molecule has 0 amide bonds. The van der Waals surface area contributed by atoms with E-state index in [9.17, 15) is 4.79 Å². The lowest BCUT2D eigenvalue weighted by Crippen LogP contribution is -2.09. The minimum absolute atomic E-state index is 0.353. The second-order valence-electron chi connectivity index (χ2n) is 6.85. The first-order valence-electron chi connectivity index (χ1n) is 10.4. The Labute approximate surface area is 174 Å². The van der Waals surface area contributed by atoms with Crippen LogP contribution in [0.15, 0.2) is 54.3 Å². The molecule has 0 unspecified atom stereocenters. The summed E-state index contributed by atoms with van der Waals surface area (Å²) in [4.78, 5) is 12.3. The van der Waals surface area contributed by atoms with Gasteiger partial charge in [0.05, 0.1) is 24.5 Å². The summed E-state index contributed by atoms with van der Waals surface area (Å²) in [6.45, 7) is 9.49. The summed E-state index contributed by atoms with van der Waals surface area (Å²) < 4.78 is 17.3. The van der Waals surface area contributed by atoms with E-state index < -0.39 is 0 Å². The van der Waals surface area contributed by atoms with E-state index in [4.69, 9.17) is 14.2 Å². The molecule has 2 aromatic rings. The van der Waals surface area contributed by atoms with Crippen LogP contribution >= 0.6 is 0 Å². The van der Waals surface area contributed by atoms with Gasteiger partial charge < -0.3 is 14.2 Å². The van der Waals surface area contributed by atoms with Gasteiger partial charge in [-0.3, -0.25) is 0 Å². The number of aryl methyl sites for hydroxylation is 2. The Kier molecular flexibility index (Phi) is 9.29. The lowest BCUT2D eigenvalue weighted by molar-refractivity contribution is 0.0734. The number of ether oxygens (including phenoxy) is 3. The zero-order chi connectivity index (χ0) is 21.1. The summed E-state index contributed by atoms with van der Waals surface area (Å²) >= 11 is 0. The van der Waals surface area contributed by atoms with Crippen LogP contribution in [0.1, 0.15) is 61.5 Å². The van der Waals surface area contributed by atoms with Crippen LogP contribution in [0.5, 0.6) is 11.5 Å². The molecule has 0 N–H and O–H groups in total. The fourth-order valence-corrected chi connectivity index (χ4v) is 3.05. The number of carbonyl (C=O) groups excluding carboxylic acids is 1. The third-order valence-corrected chi connectivity index (χ3v) is 4.67. The van der Waals surface area contributed by atoms with Crippen molar-refractivity contribution in [3.63, 3.8) is 0 Å².